The molecule has 0 spiro atoms. The lowest BCUT2D eigenvalue weighted by Crippen LogP contribution is -2.74. The van der Waals surface area contributed by atoms with E-state index in [1.165, 1.54) is 70.6 Å². The van der Waals surface area contributed by atoms with Crippen molar-refractivity contribution >= 4 is 0 Å². The maximum absolute atomic E-state index is 13.8. The molecule has 0 amide bonds. The number of aliphatic hydroxyl groups excluding tert-OH is 10. The van der Waals surface area contributed by atoms with Crippen molar-refractivity contribution in [1.29, 1.82) is 0 Å². The quantitative estimate of drug-likeness (QED) is 0.0212. The third kappa shape index (κ3) is 27.5. The van der Waals surface area contributed by atoms with Crippen molar-refractivity contribution in [1.82, 2.24) is 0 Å². The zero-order valence-corrected chi connectivity index (χ0v) is 55.0. The SMILES string of the molecule is CC(C)C(O)CC(O)C(C)C.CC(C)CC(O)CC(C)O.CC(O)CC(O)CC1CCCCC1.CCCCCCCCCC(O)CC(C)O.OC(CC(O)C(F)(F)C(F)(F)C(F)(F)C(F)(F)C(F)(F)C(F)(F)C(F)(F)F)C(F)(F)C(F)(F)C(F)(F)C(F)(F)C(F)(F)C(F)(F)C(F)(F)F. The molecule has 1 aliphatic carbocycles. The van der Waals surface area contributed by atoms with Crippen LogP contribution in [0.5, 0.6) is 0 Å². The molecule has 0 aliphatic heterocycles. The van der Waals surface area contributed by atoms with Crippen LogP contribution in [0.2, 0.25) is 0 Å². The highest BCUT2D eigenvalue weighted by Gasteiger charge is 2.96. The molecular formula is C58H94F30O10. The molecule has 98 heavy (non-hydrogen) atoms. The monoisotopic (exact) mass is 1520 g/mol. The van der Waals surface area contributed by atoms with Gasteiger partial charge < -0.3 is 51.1 Å². The lowest BCUT2D eigenvalue weighted by molar-refractivity contribution is -0.458. The summed E-state index contributed by atoms with van der Waals surface area (Å²) in [5.41, 5.74) is 0. The van der Waals surface area contributed by atoms with Gasteiger partial charge in [0.2, 0.25) is 0 Å². The Morgan fingerprint density at radius 1 is 0.296 bits per heavy atom. The van der Waals surface area contributed by atoms with E-state index < -0.39 is 102 Å². The van der Waals surface area contributed by atoms with Gasteiger partial charge >= 0.3 is 83.4 Å². The Hall–Kier alpha value is -2.50. The van der Waals surface area contributed by atoms with E-state index in [0.29, 0.717) is 37.5 Å². The molecule has 0 bridgehead atoms. The highest BCUT2D eigenvalue weighted by atomic mass is 19.4. The minimum Gasteiger partial charge on any atom is -0.393 e. The summed E-state index contributed by atoms with van der Waals surface area (Å²) in [7, 11) is 0. The van der Waals surface area contributed by atoms with Gasteiger partial charge in [-0.2, -0.15) is 132 Å². The van der Waals surface area contributed by atoms with E-state index >= 15 is 0 Å². The Bertz CT molecular complexity index is 2030. The molecule has 0 aromatic heterocycles. The zero-order chi connectivity index (χ0) is 79.2. The van der Waals surface area contributed by atoms with Crippen LogP contribution in [0.1, 0.15) is 198 Å². The average molecular weight is 1520 g/mol. The minimum absolute atomic E-state index is 0.239. The van der Waals surface area contributed by atoms with Crippen LogP contribution in [0.4, 0.5) is 132 Å². The van der Waals surface area contributed by atoms with Gasteiger partial charge in [0.05, 0.1) is 48.8 Å². The summed E-state index contributed by atoms with van der Waals surface area (Å²) in [6, 6.07) is 0. The molecule has 0 heterocycles. The van der Waals surface area contributed by atoms with Crippen LogP contribution in [-0.2, 0) is 0 Å². The van der Waals surface area contributed by atoms with E-state index in [0.717, 1.165) is 25.7 Å². The van der Waals surface area contributed by atoms with Crippen molar-refractivity contribution in [3.8, 4) is 0 Å². The van der Waals surface area contributed by atoms with Crippen molar-refractivity contribution in [2.75, 3.05) is 0 Å². The fraction of sp³-hybridized carbons (Fsp3) is 1.00. The van der Waals surface area contributed by atoms with Crippen molar-refractivity contribution in [3.63, 3.8) is 0 Å². The Morgan fingerprint density at radius 3 is 0.857 bits per heavy atom. The van der Waals surface area contributed by atoms with Gasteiger partial charge in [0.15, 0.2) is 0 Å². The fourth-order valence-electron chi connectivity index (χ4n) is 8.86. The minimum atomic E-state index is -9.13. The third-order valence-electron chi connectivity index (χ3n) is 15.1. The Kier molecular flexibility index (Phi) is 41.7. The zero-order valence-electron chi connectivity index (χ0n) is 55.0. The highest BCUT2D eigenvalue weighted by Crippen LogP contribution is 2.65. The third-order valence-corrected chi connectivity index (χ3v) is 15.1. The lowest BCUT2D eigenvalue weighted by Gasteiger charge is -2.43. The second-order valence-corrected chi connectivity index (χ2v) is 25.6. The number of unbranched alkanes of at least 4 members (excludes halogenated alkanes) is 6. The van der Waals surface area contributed by atoms with Crippen molar-refractivity contribution in [3.05, 3.63) is 0 Å². The van der Waals surface area contributed by atoms with Crippen LogP contribution >= 0.6 is 0 Å². The summed E-state index contributed by atoms with van der Waals surface area (Å²) in [4.78, 5) is 0. The maximum atomic E-state index is 13.8. The summed E-state index contributed by atoms with van der Waals surface area (Å²) >= 11 is 0. The molecule has 10 atom stereocenters. The van der Waals surface area contributed by atoms with Crippen LogP contribution in [0.25, 0.3) is 0 Å². The molecule has 0 aromatic rings. The van der Waals surface area contributed by atoms with Crippen molar-refractivity contribution in [2.45, 2.75) is 342 Å². The summed E-state index contributed by atoms with van der Waals surface area (Å²) in [6.07, 6.45) is -15.0. The van der Waals surface area contributed by atoms with E-state index in [2.05, 4.69) is 20.8 Å². The number of hydrogen-bond donors (Lipinski definition) is 10. The van der Waals surface area contributed by atoms with Crippen LogP contribution < -0.4 is 0 Å². The first-order valence-electron chi connectivity index (χ1n) is 30.8. The Balaban J connectivity index is -0.000000714. The highest BCUT2D eigenvalue weighted by molar-refractivity contribution is 5.16. The van der Waals surface area contributed by atoms with Crippen LogP contribution in [0, 0.1) is 23.7 Å². The Labute approximate surface area is 547 Å². The largest absolute Gasteiger partial charge is 0.460 e. The van der Waals surface area contributed by atoms with Crippen LogP contribution in [0.15, 0.2) is 0 Å². The molecule has 10 nitrogen and oxygen atoms in total. The van der Waals surface area contributed by atoms with E-state index in [4.69, 9.17) is 25.5 Å². The first-order valence-corrected chi connectivity index (χ1v) is 30.8. The standard InChI is InChI=1S/C17H6F30O2.C13H28O2.C11H22O2.C9H20O2.C8H18O2/c18-4(19,6(22,23)8(26,27)10(30,31)12(34,35)14(38,39)16(42,43)44)2(48)1-3(49)5(20,21)7(24,25)9(28,29)11(32,33)13(36,37)15(40,41)17(45,46)47;1-3-4-5-6-7-8-9-10-13(15)11-12(2)14;1-9(12)7-11(13)8-10-5-3-2-4-6-10;1-6(2)8(10)5-9(11)7(3)4;1-6(2)4-8(10)5-7(3)9/h2-3,48-49H,1H2;12-15H,3-11H2,1-2H3;9-13H,2-8H2,1H3;6-11H,5H2,1-4H3;6-10H,4-5H2,1-3H3. The predicted octanol–water partition coefficient (Wildman–Crippen LogP) is 16.8. The van der Waals surface area contributed by atoms with Crippen LogP contribution in [0.3, 0.4) is 0 Å². The topological polar surface area (TPSA) is 202 Å². The second kappa shape index (κ2) is 40.1. The molecule has 1 fully saturated rings. The number of aliphatic hydroxyl groups is 10. The second-order valence-electron chi connectivity index (χ2n) is 25.6. The lowest BCUT2D eigenvalue weighted by atomic mass is 9.84. The molecule has 40 heteroatoms. The summed E-state index contributed by atoms with van der Waals surface area (Å²) < 4.78 is 394. The average Bonchev–Trinajstić information content (AvgIpc) is 0.707. The summed E-state index contributed by atoms with van der Waals surface area (Å²) in [5, 5.41) is 91.7. The van der Waals surface area contributed by atoms with Gasteiger partial charge in [-0.1, -0.05) is 126 Å². The number of halogens is 30. The fourth-order valence-corrected chi connectivity index (χ4v) is 8.86. The molecule has 0 saturated heterocycles. The predicted molar refractivity (Wildman–Crippen MR) is 295 cm³/mol. The van der Waals surface area contributed by atoms with Gasteiger partial charge in [-0.05, 0) is 89.4 Å². The Morgan fingerprint density at radius 2 is 0.571 bits per heavy atom. The first-order chi connectivity index (χ1) is 43.4. The molecule has 0 radical (unpaired) electrons. The van der Waals surface area contributed by atoms with E-state index in [9.17, 15) is 157 Å². The molecule has 1 rings (SSSR count). The van der Waals surface area contributed by atoms with Gasteiger partial charge in [-0.3, -0.25) is 0 Å². The number of rotatable bonds is 36. The van der Waals surface area contributed by atoms with Gasteiger partial charge in [0.25, 0.3) is 0 Å². The molecule has 0 aromatic carbocycles. The number of hydrogen-bond acceptors (Lipinski definition) is 10. The van der Waals surface area contributed by atoms with Crippen LogP contribution in [-0.4, -0.2) is 196 Å². The smallest absolute Gasteiger partial charge is 0.393 e. The molecule has 10 N–H and O–H groups in total. The molecule has 596 valence electrons. The van der Waals surface area contributed by atoms with Gasteiger partial charge in [-0.25, -0.2) is 0 Å². The van der Waals surface area contributed by atoms with E-state index in [1.54, 1.807) is 20.8 Å². The maximum Gasteiger partial charge on any atom is 0.460 e. The van der Waals surface area contributed by atoms with Crippen molar-refractivity contribution < 1.29 is 183 Å². The molecule has 1 saturated carbocycles. The summed E-state index contributed by atoms with van der Waals surface area (Å²) in [6.45, 7) is 19.3. The molecular weight excluding hydrogens is 1430 g/mol. The molecule has 10 unspecified atom stereocenters. The normalized spacial score (nSPS) is 18.3. The van der Waals surface area contributed by atoms with Gasteiger partial charge in [0.1, 0.15) is 12.2 Å². The van der Waals surface area contributed by atoms with Gasteiger partial charge in [-0.15, -0.1) is 0 Å². The van der Waals surface area contributed by atoms with E-state index in [1.807, 2.05) is 27.7 Å². The number of alkyl halides is 30. The molecule has 1 aliphatic rings. The first kappa shape index (κ1) is 102. The van der Waals surface area contributed by atoms with Crippen molar-refractivity contribution in [2.24, 2.45) is 23.7 Å². The van der Waals surface area contributed by atoms with Gasteiger partial charge in [0, 0.05) is 6.42 Å². The van der Waals surface area contributed by atoms with E-state index in [-0.39, 0.29) is 60.7 Å². The summed E-state index contributed by atoms with van der Waals surface area (Å²) in [5.74, 6) is -104.